The first-order valence-electron chi connectivity index (χ1n) is 7.15. The molecule has 1 fully saturated rings. The minimum Gasteiger partial charge on any atom is -0.384 e. The Morgan fingerprint density at radius 3 is 2.58 bits per heavy atom. The normalized spacial score (nSPS) is 15.2. The van der Waals surface area contributed by atoms with E-state index >= 15 is 0 Å². The molecule has 0 atom stereocenters. The number of nitrogens with one attached hydrogen (secondary N) is 1. The van der Waals surface area contributed by atoms with Gasteiger partial charge in [0, 0.05) is 24.7 Å². The van der Waals surface area contributed by atoms with E-state index in [2.05, 4.69) is 31.7 Å². The van der Waals surface area contributed by atoms with Crippen molar-refractivity contribution in [2.45, 2.75) is 46.2 Å². The Balaban J connectivity index is 2.10. The summed E-state index contributed by atoms with van der Waals surface area (Å²) in [6.45, 7) is 8.86. The zero-order chi connectivity index (χ0) is 14.0. The molecule has 3 heteroatoms. The van der Waals surface area contributed by atoms with E-state index in [-0.39, 0.29) is 5.84 Å². The van der Waals surface area contributed by atoms with Crippen LogP contribution in [-0.4, -0.2) is 23.3 Å². The van der Waals surface area contributed by atoms with Gasteiger partial charge in [0.15, 0.2) is 0 Å². The zero-order valence-electron chi connectivity index (χ0n) is 12.2. The molecule has 0 saturated heterocycles. The van der Waals surface area contributed by atoms with Gasteiger partial charge in [0.2, 0.25) is 0 Å². The molecule has 1 aromatic carbocycles. The predicted molar refractivity (Wildman–Crippen MR) is 80.5 cm³/mol. The monoisotopic (exact) mass is 259 g/mol. The van der Waals surface area contributed by atoms with Gasteiger partial charge < -0.3 is 5.73 Å². The number of hydrogen-bond donors (Lipinski definition) is 2. The van der Waals surface area contributed by atoms with E-state index in [1.165, 1.54) is 30.5 Å². The van der Waals surface area contributed by atoms with Gasteiger partial charge in [-0.2, -0.15) is 0 Å². The minimum atomic E-state index is 0.149. The van der Waals surface area contributed by atoms with Crippen LogP contribution < -0.4 is 5.73 Å². The summed E-state index contributed by atoms with van der Waals surface area (Å²) in [6.07, 6.45) is 2.69. The maximum Gasteiger partial charge on any atom is 0.122 e. The average Bonchev–Trinajstić information content (AvgIpc) is 3.13. The molecular weight excluding hydrogens is 234 g/mol. The van der Waals surface area contributed by atoms with E-state index in [9.17, 15) is 0 Å². The van der Waals surface area contributed by atoms with Gasteiger partial charge in [-0.1, -0.05) is 26.0 Å². The van der Waals surface area contributed by atoms with Crippen molar-refractivity contribution in [1.82, 2.24) is 4.90 Å². The topological polar surface area (TPSA) is 53.1 Å². The first-order valence-corrected chi connectivity index (χ1v) is 7.15. The highest BCUT2D eigenvalue weighted by Crippen LogP contribution is 2.29. The molecule has 0 radical (unpaired) electrons. The lowest BCUT2D eigenvalue weighted by atomic mass is 10.0. The Morgan fingerprint density at radius 1 is 1.42 bits per heavy atom. The Kier molecular flexibility index (Phi) is 4.25. The van der Waals surface area contributed by atoms with Crippen molar-refractivity contribution >= 4 is 5.84 Å². The van der Waals surface area contributed by atoms with Crippen LogP contribution >= 0.6 is 0 Å². The van der Waals surface area contributed by atoms with Crippen molar-refractivity contribution in [2.24, 2.45) is 11.7 Å². The lowest BCUT2D eigenvalue weighted by molar-refractivity contribution is 0.225. The van der Waals surface area contributed by atoms with E-state index < -0.39 is 0 Å². The quantitative estimate of drug-likeness (QED) is 0.609. The summed E-state index contributed by atoms with van der Waals surface area (Å²) in [7, 11) is 0. The summed E-state index contributed by atoms with van der Waals surface area (Å²) in [6, 6.07) is 6.90. The van der Waals surface area contributed by atoms with Crippen LogP contribution in [0.3, 0.4) is 0 Å². The van der Waals surface area contributed by atoms with Crippen LogP contribution in [0, 0.1) is 18.3 Å². The lowest BCUT2D eigenvalue weighted by Crippen LogP contribution is -2.29. The van der Waals surface area contributed by atoms with E-state index in [1.807, 2.05) is 12.1 Å². The van der Waals surface area contributed by atoms with Gasteiger partial charge in [-0.15, -0.1) is 0 Å². The first kappa shape index (κ1) is 14.1. The Morgan fingerprint density at radius 2 is 2.11 bits per heavy atom. The largest absolute Gasteiger partial charge is 0.384 e. The maximum atomic E-state index is 7.48. The highest BCUT2D eigenvalue weighted by Gasteiger charge is 2.29. The molecule has 3 N–H and O–H groups in total. The molecule has 2 rings (SSSR count). The molecule has 0 spiro atoms. The number of hydrogen-bond acceptors (Lipinski definition) is 2. The Bertz CT molecular complexity index is 461. The molecular formula is C16H25N3. The second kappa shape index (κ2) is 5.74. The number of nitrogen functional groups attached to an aromatic ring is 1. The second-order valence-electron chi connectivity index (χ2n) is 6.11. The SMILES string of the molecule is Cc1cc(C(=N)N)ccc1CN(CC(C)C)C1CC1. The smallest absolute Gasteiger partial charge is 0.122 e. The second-order valence-corrected chi connectivity index (χ2v) is 6.11. The first-order chi connectivity index (χ1) is 8.97. The van der Waals surface area contributed by atoms with Crippen molar-refractivity contribution in [3.05, 3.63) is 34.9 Å². The molecule has 0 amide bonds. The summed E-state index contributed by atoms with van der Waals surface area (Å²) in [4.78, 5) is 2.60. The fourth-order valence-corrected chi connectivity index (χ4v) is 2.51. The molecule has 0 heterocycles. The molecule has 1 aliphatic rings. The summed E-state index contributed by atoms with van der Waals surface area (Å²) in [5, 5.41) is 7.48. The van der Waals surface area contributed by atoms with Gasteiger partial charge in [-0.05, 0) is 42.9 Å². The van der Waals surface area contributed by atoms with Gasteiger partial charge in [0.1, 0.15) is 5.84 Å². The Hall–Kier alpha value is -1.35. The third-order valence-electron chi connectivity index (χ3n) is 3.69. The molecule has 104 valence electrons. The van der Waals surface area contributed by atoms with Gasteiger partial charge in [-0.3, -0.25) is 10.3 Å². The van der Waals surface area contributed by atoms with Crippen LogP contribution in [0.25, 0.3) is 0 Å². The molecule has 0 aliphatic heterocycles. The van der Waals surface area contributed by atoms with Crippen LogP contribution in [0.2, 0.25) is 0 Å². The van der Waals surface area contributed by atoms with Gasteiger partial charge in [0.05, 0.1) is 0 Å². The zero-order valence-corrected chi connectivity index (χ0v) is 12.2. The lowest BCUT2D eigenvalue weighted by Gasteiger charge is -2.25. The molecule has 19 heavy (non-hydrogen) atoms. The molecule has 1 saturated carbocycles. The standard InChI is InChI=1S/C16H25N3/c1-11(2)9-19(15-6-7-15)10-14-5-4-13(16(17)18)8-12(14)3/h4-5,8,11,15H,6-7,9-10H2,1-3H3,(H3,17,18). The fourth-order valence-electron chi connectivity index (χ4n) is 2.51. The van der Waals surface area contributed by atoms with E-state index in [1.54, 1.807) is 0 Å². The van der Waals surface area contributed by atoms with Crippen LogP contribution in [0.15, 0.2) is 18.2 Å². The highest BCUT2D eigenvalue weighted by molar-refractivity contribution is 5.95. The van der Waals surface area contributed by atoms with Crippen molar-refractivity contribution in [2.75, 3.05) is 6.54 Å². The van der Waals surface area contributed by atoms with Crippen molar-refractivity contribution in [1.29, 1.82) is 5.41 Å². The summed E-state index contributed by atoms with van der Waals surface area (Å²) in [5.74, 6) is 0.855. The van der Waals surface area contributed by atoms with E-state index in [4.69, 9.17) is 11.1 Å². The van der Waals surface area contributed by atoms with Crippen LogP contribution in [0.4, 0.5) is 0 Å². The molecule has 1 aromatic rings. The maximum absolute atomic E-state index is 7.48. The molecule has 3 nitrogen and oxygen atoms in total. The summed E-state index contributed by atoms with van der Waals surface area (Å²) < 4.78 is 0. The number of benzene rings is 1. The summed E-state index contributed by atoms with van der Waals surface area (Å²) in [5.41, 5.74) is 8.95. The molecule has 0 unspecified atom stereocenters. The predicted octanol–water partition coefficient (Wildman–Crippen LogP) is 2.90. The third kappa shape index (κ3) is 3.80. The third-order valence-corrected chi connectivity index (χ3v) is 3.69. The fraction of sp³-hybridized carbons (Fsp3) is 0.562. The van der Waals surface area contributed by atoms with Gasteiger partial charge in [-0.25, -0.2) is 0 Å². The number of aryl methyl sites for hydroxylation is 1. The molecule has 0 bridgehead atoms. The van der Waals surface area contributed by atoms with Gasteiger partial charge in [0.25, 0.3) is 0 Å². The Labute approximate surface area is 116 Å². The number of amidine groups is 1. The minimum absolute atomic E-state index is 0.149. The number of rotatable bonds is 6. The number of nitrogens with zero attached hydrogens (tertiary/aromatic N) is 1. The average molecular weight is 259 g/mol. The van der Waals surface area contributed by atoms with Gasteiger partial charge >= 0.3 is 0 Å². The van der Waals surface area contributed by atoms with Crippen molar-refractivity contribution < 1.29 is 0 Å². The van der Waals surface area contributed by atoms with Crippen molar-refractivity contribution in [3.8, 4) is 0 Å². The molecule has 0 aromatic heterocycles. The van der Waals surface area contributed by atoms with E-state index in [0.29, 0.717) is 5.92 Å². The van der Waals surface area contributed by atoms with Crippen LogP contribution in [-0.2, 0) is 6.54 Å². The summed E-state index contributed by atoms with van der Waals surface area (Å²) >= 11 is 0. The van der Waals surface area contributed by atoms with Crippen LogP contribution in [0.5, 0.6) is 0 Å². The van der Waals surface area contributed by atoms with Crippen molar-refractivity contribution in [3.63, 3.8) is 0 Å². The van der Waals surface area contributed by atoms with E-state index in [0.717, 1.165) is 18.2 Å². The highest BCUT2D eigenvalue weighted by atomic mass is 15.2. The number of nitrogens with two attached hydrogens (primary N) is 1. The van der Waals surface area contributed by atoms with Crippen LogP contribution in [0.1, 0.15) is 43.4 Å². The molecule has 1 aliphatic carbocycles.